The highest BCUT2D eigenvalue weighted by atomic mass is 35.5. The Morgan fingerprint density at radius 2 is 1.78 bits per heavy atom. The summed E-state index contributed by atoms with van der Waals surface area (Å²) in [5.74, 6) is 1.21. The second-order valence-electron chi connectivity index (χ2n) is 4.83. The molecule has 23 heavy (non-hydrogen) atoms. The van der Waals surface area contributed by atoms with E-state index < -0.39 is 0 Å². The van der Waals surface area contributed by atoms with Crippen LogP contribution in [-0.2, 0) is 5.75 Å². The summed E-state index contributed by atoms with van der Waals surface area (Å²) in [5, 5.41) is 13.4. The monoisotopic (exact) mass is 366 g/mol. The van der Waals surface area contributed by atoms with Gasteiger partial charge < -0.3 is 0 Å². The molecule has 0 saturated carbocycles. The van der Waals surface area contributed by atoms with Crippen molar-refractivity contribution in [2.24, 2.45) is 0 Å². The fourth-order valence-electron chi connectivity index (χ4n) is 2.00. The summed E-state index contributed by atoms with van der Waals surface area (Å²) in [7, 11) is 0. The first-order chi connectivity index (χ1) is 11.0. The molecule has 0 aliphatic carbocycles. The van der Waals surface area contributed by atoms with E-state index in [1.165, 1.54) is 11.8 Å². The van der Waals surface area contributed by atoms with Crippen LogP contribution in [0, 0.1) is 13.8 Å². The maximum Gasteiger partial charge on any atom is 0.188 e. The van der Waals surface area contributed by atoms with Gasteiger partial charge in [-0.3, -0.25) is 0 Å². The maximum absolute atomic E-state index is 6.05. The molecule has 0 spiro atoms. The molecule has 0 atom stereocenters. The van der Waals surface area contributed by atoms with E-state index in [2.05, 4.69) is 25.5 Å². The van der Waals surface area contributed by atoms with E-state index in [1.54, 1.807) is 16.8 Å². The molecule has 3 aromatic rings. The van der Waals surface area contributed by atoms with E-state index in [-0.39, 0.29) is 0 Å². The second-order valence-corrected chi connectivity index (χ2v) is 6.58. The van der Waals surface area contributed by atoms with Crippen molar-refractivity contribution in [3.05, 3.63) is 51.5 Å². The van der Waals surface area contributed by atoms with Crippen LogP contribution in [0.25, 0.3) is 5.69 Å². The maximum atomic E-state index is 6.05. The first-order valence-electron chi connectivity index (χ1n) is 6.70. The lowest BCUT2D eigenvalue weighted by Gasteiger charge is -2.06. The van der Waals surface area contributed by atoms with Crippen molar-refractivity contribution < 1.29 is 0 Å². The van der Waals surface area contributed by atoms with Gasteiger partial charge in [-0.15, -0.1) is 5.10 Å². The Bertz CT molecular complexity index is 831. The van der Waals surface area contributed by atoms with Crippen LogP contribution in [0.2, 0.25) is 10.0 Å². The van der Waals surface area contributed by atoms with E-state index in [0.717, 1.165) is 17.1 Å². The largest absolute Gasteiger partial charge is 0.228 e. The number of aryl methyl sites for hydroxylation is 2. The standard InChI is InChI=1S/C14H12Cl2N6S/c1-8-5-9(2)18-14(17-8)23-7-13-19-20-21-22(13)10-3-4-11(15)12(16)6-10/h3-6H,7H2,1-2H3. The normalized spacial score (nSPS) is 11.0. The fourth-order valence-corrected chi connectivity index (χ4v) is 3.15. The zero-order chi connectivity index (χ0) is 16.4. The molecule has 0 N–H and O–H groups in total. The van der Waals surface area contributed by atoms with Crippen molar-refractivity contribution in [1.29, 1.82) is 0 Å². The van der Waals surface area contributed by atoms with Gasteiger partial charge in [0.2, 0.25) is 0 Å². The highest BCUT2D eigenvalue weighted by molar-refractivity contribution is 7.98. The summed E-state index contributed by atoms with van der Waals surface area (Å²) >= 11 is 13.5. The van der Waals surface area contributed by atoms with Gasteiger partial charge in [0.25, 0.3) is 0 Å². The van der Waals surface area contributed by atoms with Gasteiger partial charge in [0.15, 0.2) is 11.0 Å². The van der Waals surface area contributed by atoms with Crippen LogP contribution in [0.3, 0.4) is 0 Å². The number of rotatable bonds is 4. The molecule has 118 valence electrons. The first-order valence-corrected chi connectivity index (χ1v) is 8.45. The minimum atomic E-state index is 0.455. The van der Waals surface area contributed by atoms with Gasteiger partial charge in [-0.25, -0.2) is 9.97 Å². The average molecular weight is 367 g/mol. The van der Waals surface area contributed by atoms with E-state index in [1.807, 2.05) is 26.0 Å². The molecule has 0 aliphatic rings. The number of aromatic nitrogens is 6. The quantitative estimate of drug-likeness (QED) is 0.518. The molecule has 0 amide bonds. The molecule has 6 nitrogen and oxygen atoms in total. The molecule has 0 radical (unpaired) electrons. The topological polar surface area (TPSA) is 69.4 Å². The third-order valence-electron chi connectivity index (χ3n) is 2.97. The lowest BCUT2D eigenvalue weighted by atomic mass is 10.3. The van der Waals surface area contributed by atoms with E-state index in [9.17, 15) is 0 Å². The summed E-state index contributed by atoms with van der Waals surface area (Å²) in [6.45, 7) is 3.89. The Morgan fingerprint density at radius 3 is 2.48 bits per heavy atom. The Hall–Kier alpha value is -1.70. The van der Waals surface area contributed by atoms with Crippen LogP contribution in [0.15, 0.2) is 29.4 Å². The van der Waals surface area contributed by atoms with Gasteiger partial charge in [0, 0.05) is 11.4 Å². The number of halogens is 2. The van der Waals surface area contributed by atoms with E-state index >= 15 is 0 Å². The lowest BCUT2D eigenvalue weighted by molar-refractivity contribution is 0.777. The molecular formula is C14H12Cl2N6S. The molecular weight excluding hydrogens is 355 g/mol. The van der Waals surface area contributed by atoms with Crippen LogP contribution in [-0.4, -0.2) is 30.2 Å². The number of hydrogen-bond donors (Lipinski definition) is 0. The molecule has 0 aliphatic heterocycles. The van der Waals surface area contributed by atoms with Crippen molar-refractivity contribution in [3.8, 4) is 5.69 Å². The van der Waals surface area contributed by atoms with Crippen molar-refractivity contribution >= 4 is 35.0 Å². The lowest BCUT2D eigenvalue weighted by Crippen LogP contribution is -2.03. The fraction of sp³-hybridized carbons (Fsp3) is 0.214. The molecule has 2 aromatic heterocycles. The van der Waals surface area contributed by atoms with Gasteiger partial charge in [-0.05, 0) is 48.5 Å². The highest BCUT2D eigenvalue weighted by Gasteiger charge is 2.11. The molecule has 3 rings (SSSR count). The predicted octanol–water partition coefficient (Wildman–Crippen LogP) is 3.67. The molecule has 0 unspecified atom stereocenters. The summed E-state index contributed by atoms with van der Waals surface area (Å²) in [5.41, 5.74) is 2.62. The van der Waals surface area contributed by atoms with Crippen LogP contribution in [0.4, 0.5) is 0 Å². The molecule has 0 fully saturated rings. The third-order valence-corrected chi connectivity index (χ3v) is 4.56. The Labute approximate surface area is 147 Å². The Morgan fingerprint density at radius 1 is 1.04 bits per heavy atom. The van der Waals surface area contributed by atoms with Gasteiger partial charge in [0.1, 0.15) is 0 Å². The van der Waals surface area contributed by atoms with E-state index in [4.69, 9.17) is 23.2 Å². The smallest absolute Gasteiger partial charge is 0.188 e. The van der Waals surface area contributed by atoms with E-state index in [0.29, 0.717) is 26.8 Å². The van der Waals surface area contributed by atoms with Gasteiger partial charge in [-0.2, -0.15) is 4.68 Å². The molecule has 9 heteroatoms. The summed E-state index contributed by atoms with van der Waals surface area (Å²) in [6.07, 6.45) is 0. The van der Waals surface area contributed by atoms with Crippen LogP contribution < -0.4 is 0 Å². The number of tetrazole rings is 1. The summed E-state index contributed by atoms with van der Waals surface area (Å²) in [4.78, 5) is 8.79. The number of hydrogen-bond acceptors (Lipinski definition) is 6. The third kappa shape index (κ3) is 3.80. The van der Waals surface area contributed by atoms with Gasteiger partial charge >= 0.3 is 0 Å². The predicted molar refractivity (Wildman–Crippen MR) is 90.2 cm³/mol. The van der Waals surface area contributed by atoms with Crippen LogP contribution in [0.1, 0.15) is 17.2 Å². The number of benzene rings is 1. The zero-order valence-electron chi connectivity index (χ0n) is 12.4. The van der Waals surface area contributed by atoms with Crippen LogP contribution in [0.5, 0.6) is 0 Å². The summed E-state index contributed by atoms with van der Waals surface area (Å²) < 4.78 is 1.62. The molecule has 1 aromatic carbocycles. The molecule has 0 saturated heterocycles. The first kappa shape index (κ1) is 16.2. The number of thioether (sulfide) groups is 1. The molecule has 0 bridgehead atoms. The number of nitrogens with zero attached hydrogens (tertiary/aromatic N) is 6. The van der Waals surface area contributed by atoms with Crippen LogP contribution >= 0.6 is 35.0 Å². The van der Waals surface area contributed by atoms with Crippen molar-refractivity contribution in [1.82, 2.24) is 30.2 Å². The minimum Gasteiger partial charge on any atom is -0.228 e. The SMILES string of the molecule is Cc1cc(C)nc(SCc2nnnn2-c2ccc(Cl)c(Cl)c2)n1. The van der Waals surface area contributed by atoms with Gasteiger partial charge in [-0.1, -0.05) is 35.0 Å². The Kier molecular flexibility index (Phi) is 4.79. The minimum absolute atomic E-state index is 0.455. The Balaban J connectivity index is 1.82. The molecule has 2 heterocycles. The van der Waals surface area contributed by atoms with Gasteiger partial charge in [0.05, 0.1) is 21.5 Å². The second kappa shape index (κ2) is 6.82. The highest BCUT2D eigenvalue weighted by Crippen LogP contribution is 2.25. The van der Waals surface area contributed by atoms with Crippen molar-refractivity contribution in [2.75, 3.05) is 0 Å². The van der Waals surface area contributed by atoms with Crippen molar-refractivity contribution in [3.63, 3.8) is 0 Å². The summed E-state index contributed by atoms with van der Waals surface area (Å²) in [6, 6.07) is 7.18. The zero-order valence-corrected chi connectivity index (χ0v) is 14.7. The van der Waals surface area contributed by atoms with Crippen molar-refractivity contribution in [2.45, 2.75) is 24.8 Å². The average Bonchev–Trinajstić information content (AvgIpc) is 2.95.